The van der Waals surface area contributed by atoms with Gasteiger partial charge in [-0.3, -0.25) is 14.4 Å². The fourth-order valence-electron chi connectivity index (χ4n) is 1.90. The van der Waals surface area contributed by atoms with Crippen molar-refractivity contribution in [1.29, 1.82) is 0 Å². The molecule has 0 aromatic carbocycles. The Balaban J connectivity index is 2.27. The van der Waals surface area contributed by atoms with E-state index in [0.29, 0.717) is 5.82 Å². The third kappa shape index (κ3) is 1.73. The molecule has 0 spiro atoms. The monoisotopic (exact) mass is 237 g/mol. The Morgan fingerprint density at radius 3 is 2.41 bits per heavy atom. The molecule has 2 rings (SSSR count). The highest BCUT2D eigenvalue weighted by molar-refractivity contribution is 6.01. The summed E-state index contributed by atoms with van der Waals surface area (Å²) >= 11 is 0. The fraction of sp³-hybridized carbons (Fsp3) is 0.500. The van der Waals surface area contributed by atoms with Crippen LogP contribution in [0.5, 0.6) is 0 Å². The minimum Gasteiger partial charge on any atom is -0.384 e. The second-order valence-electron chi connectivity index (χ2n) is 4.19. The normalized spacial score (nSPS) is 16.2. The standard InChI is InChI=1S/C10H15N5O2/c1-6-7(9(11)14(3)12-6)4-15-8(16)5-13(2)10(15)17/h4-5,11H2,1-3H3. The average molecular weight is 237 g/mol. The summed E-state index contributed by atoms with van der Waals surface area (Å²) in [7, 11) is 3.32. The van der Waals surface area contributed by atoms with Crippen molar-refractivity contribution >= 4 is 17.8 Å². The third-order valence-corrected chi connectivity index (χ3v) is 2.94. The van der Waals surface area contributed by atoms with Crippen LogP contribution in [-0.4, -0.2) is 45.1 Å². The van der Waals surface area contributed by atoms with Crippen molar-refractivity contribution < 1.29 is 9.59 Å². The number of hydrogen-bond acceptors (Lipinski definition) is 4. The van der Waals surface area contributed by atoms with Gasteiger partial charge in [-0.1, -0.05) is 0 Å². The van der Waals surface area contributed by atoms with Gasteiger partial charge >= 0.3 is 6.03 Å². The summed E-state index contributed by atoms with van der Waals surface area (Å²) in [6, 6.07) is -0.294. The Kier molecular flexibility index (Phi) is 2.53. The molecule has 1 fully saturated rings. The zero-order valence-electron chi connectivity index (χ0n) is 10.1. The van der Waals surface area contributed by atoms with Gasteiger partial charge in [0.15, 0.2) is 0 Å². The highest BCUT2D eigenvalue weighted by atomic mass is 16.2. The number of urea groups is 1. The summed E-state index contributed by atoms with van der Waals surface area (Å²) in [6.07, 6.45) is 0. The lowest BCUT2D eigenvalue weighted by Crippen LogP contribution is -2.31. The lowest BCUT2D eigenvalue weighted by atomic mass is 10.2. The number of anilines is 1. The van der Waals surface area contributed by atoms with E-state index in [9.17, 15) is 9.59 Å². The molecule has 3 amide bonds. The number of nitrogen functional groups attached to an aromatic ring is 1. The maximum absolute atomic E-state index is 11.7. The lowest BCUT2D eigenvalue weighted by Gasteiger charge is -2.14. The largest absolute Gasteiger partial charge is 0.384 e. The number of hydrogen-bond donors (Lipinski definition) is 1. The molecule has 0 unspecified atom stereocenters. The van der Waals surface area contributed by atoms with E-state index < -0.39 is 0 Å². The molecule has 1 aliphatic heterocycles. The first-order chi connectivity index (χ1) is 7.91. The van der Waals surface area contributed by atoms with E-state index in [1.54, 1.807) is 25.7 Å². The first kappa shape index (κ1) is 11.4. The predicted molar refractivity (Wildman–Crippen MR) is 60.9 cm³/mol. The Bertz CT molecular complexity index is 493. The van der Waals surface area contributed by atoms with Crippen molar-refractivity contribution in [2.24, 2.45) is 7.05 Å². The Morgan fingerprint density at radius 2 is 2.00 bits per heavy atom. The van der Waals surface area contributed by atoms with Crippen LogP contribution in [0.1, 0.15) is 11.3 Å². The molecule has 0 radical (unpaired) electrons. The number of rotatable bonds is 2. The second kappa shape index (κ2) is 3.76. The van der Waals surface area contributed by atoms with Gasteiger partial charge < -0.3 is 10.6 Å². The molecule has 0 saturated carbocycles. The van der Waals surface area contributed by atoms with Gasteiger partial charge in [0.25, 0.3) is 5.91 Å². The molecular weight excluding hydrogens is 222 g/mol. The van der Waals surface area contributed by atoms with E-state index >= 15 is 0 Å². The number of nitrogens with two attached hydrogens (primary N) is 1. The van der Waals surface area contributed by atoms with Crippen molar-refractivity contribution in [2.75, 3.05) is 19.3 Å². The third-order valence-electron chi connectivity index (χ3n) is 2.94. The van der Waals surface area contributed by atoms with Crippen molar-refractivity contribution in [3.63, 3.8) is 0 Å². The number of amides is 3. The smallest absolute Gasteiger partial charge is 0.327 e. The maximum atomic E-state index is 11.7. The van der Waals surface area contributed by atoms with Crippen LogP contribution in [0.15, 0.2) is 0 Å². The average Bonchev–Trinajstić information content (AvgIpc) is 2.62. The zero-order chi connectivity index (χ0) is 12.7. The quantitative estimate of drug-likeness (QED) is 0.716. The van der Waals surface area contributed by atoms with E-state index in [2.05, 4.69) is 5.10 Å². The molecule has 1 aromatic rings. The van der Waals surface area contributed by atoms with Crippen molar-refractivity contribution in [1.82, 2.24) is 19.6 Å². The number of likely N-dealkylation sites (N-methyl/N-ethyl adjacent to an activating group) is 1. The first-order valence-corrected chi connectivity index (χ1v) is 5.25. The van der Waals surface area contributed by atoms with Gasteiger partial charge in [-0.15, -0.1) is 0 Å². The molecule has 1 saturated heterocycles. The minimum atomic E-state index is -0.294. The highest BCUT2D eigenvalue weighted by Gasteiger charge is 2.34. The maximum Gasteiger partial charge on any atom is 0.327 e. The molecule has 92 valence electrons. The lowest BCUT2D eigenvalue weighted by molar-refractivity contribution is -0.125. The van der Waals surface area contributed by atoms with Crippen molar-refractivity contribution in [2.45, 2.75) is 13.5 Å². The van der Waals surface area contributed by atoms with E-state index in [1.807, 2.05) is 0 Å². The highest BCUT2D eigenvalue weighted by Crippen LogP contribution is 2.20. The Labute approximate surface area is 98.8 Å². The zero-order valence-corrected chi connectivity index (χ0v) is 10.1. The molecule has 1 aromatic heterocycles. The molecule has 0 atom stereocenters. The number of aryl methyl sites for hydroxylation is 2. The first-order valence-electron chi connectivity index (χ1n) is 5.25. The molecule has 1 aliphatic rings. The summed E-state index contributed by atoms with van der Waals surface area (Å²) in [6.45, 7) is 2.12. The van der Waals surface area contributed by atoms with Gasteiger partial charge in [0.05, 0.1) is 12.2 Å². The van der Waals surface area contributed by atoms with Crippen LogP contribution in [0.3, 0.4) is 0 Å². The molecule has 0 bridgehead atoms. The minimum absolute atomic E-state index is 0.123. The number of carbonyl (C=O) groups excluding carboxylic acids is 2. The summed E-state index contributed by atoms with van der Waals surface area (Å²) < 4.78 is 1.54. The summed E-state index contributed by atoms with van der Waals surface area (Å²) in [4.78, 5) is 25.9. The molecule has 7 nitrogen and oxygen atoms in total. The predicted octanol–water partition coefficient (Wildman–Crippen LogP) is -0.295. The molecular formula is C10H15N5O2. The number of carbonyl (C=O) groups is 2. The van der Waals surface area contributed by atoms with Crippen LogP contribution in [0.2, 0.25) is 0 Å². The van der Waals surface area contributed by atoms with Crippen molar-refractivity contribution in [3.05, 3.63) is 11.3 Å². The topological polar surface area (TPSA) is 84.5 Å². The van der Waals surface area contributed by atoms with Gasteiger partial charge in [0.1, 0.15) is 12.4 Å². The van der Waals surface area contributed by atoms with Crippen LogP contribution < -0.4 is 5.73 Å². The summed E-state index contributed by atoms with van der Waals surface area (Å²) in [5.41, 5.74) is 7.31. The van der Waals surface area contributed by atoms with E-state index in [4.69, 9.17) is 5.73 Å². The van der Waals surface area contributed by atoms with Gasteiger partial charge in [-0.25, -0.2) is 4.79 Å². The fourth-order valence-corrected chi connectivity index (χ4v) is 1.90. The molecule has 2 heterocycles. The number of nitrogens with zero attached hydrogens (tertiary/aromatic N) is 4. The Hall–Kier alpha value is -2.05. The number of aromatic nitrogens is 2. The van der Waals surface area contributed by atoms with Crippen LogP contribution in [-0.2, 0) is 18.4 Å². The SMILES string of the molecule is Cc1nn(C)c(N)c1CN1C(=O)CN(C)C1=O. The van der Waals surface area contributed by atoms with Crippen LogP contribution in [0, 0.1) is 6.92 Å². The van der Waals surface area contributed by atoms with E-state index in [1.165, 1.54) is 9.80 Å². The molecule has 2 N–H and O–H groups in total. The summed E-state index contributed by atoms with van der Waals surface area (Å²) in [5.74, 6) is 0.276. The molecule has 0 aliphatic carbocycles. The summed E-state index contributed by atoms with van der Waals surface area (Å²) in [5, 5.41) is 4.15. The van der Waals surface area contributed by atoms with Crippen LogP contribution in [0.25, 0.3) is 0 Å². The van der Waals surface area contributed by atoms with Crippen LogP contribution in [0.4, 0.5) is 10.6 Å². The van der Waals surface area contributed by atoms with Gasteiger partial charge in [-0.05, 0) is 6.92 Å². The van der Waals surface area contributed by atoms with E-state index in [-0.39, 0.29) is 25.0 Å². The second-order valence-corrected chi connectivity index (χ2v) is 4.19. The van der Waals surface area contributed by atoms with Gasteiger partial charge in [0, 0.05) is 19.7 Å². The van der Waals surface area contributed by atoms with Gasteiger partial charge in [0.2, 0.25) is 0 Å². The number of imide groups is 1. The Morgan fingerprint density at radius 1 is 1.35 bits per heavy atom. The molecule has 7 heteroatoms. The van der Waals surface area contributed by atoms with Crippen molar-refractivity contribution in [3.8, 4) is 0 Å². The molecule has 17 heavy (non-hydrogen) atoms. The van der Waals surface area contributed by atoms with Crippen LogP contribution >= 0.6 is 0 Å². The van der Waals surface area contributed by atoms with Gasteiger partial charge in [-0.2, -0.15) is 5.10 Å². The van der Waals surface area contributed by atoms with E-state index in [0.717, 1.165) is 11.3 Å².